The van der Waals surface area contributed by atoms with Gasteiger partial charge in [-0.15, -0.1) is 0 Å². The quantitative estimate of drug-likeness (QED) is 0.784. The van der Waals surface area contributed by atoms with E-state index >= 15 is 0 Å². The number of para-hydroxylation sites is 1. The van der Waals surface area contributed by atoms with Crippen molar-refractivity contribution in [2.75, 3.05) is 23.3 Å². The fraction of sp³-hybridized carbons (Fsp3) is 0.300. The van der Waals surface area contributed by atoms with Gasteiger partial charge in [-0.05, 0) is 48.7 Å². The van der Waals surface area contributed by atoms with Gasteiger partial charge in [0.25, 0.3) is 5.91 Å². The average Bonchev–Trinajstić information content (AvgIpc) is 3.28. The van der Waals surface area contributed by atoms with E-state index in [4.69, 9.17) is 0 Å². The van der Waals surface area contributed by atoms with E-state index in [1.807, 2.05) is 18.2 Å². The minimum absolute atomic E-state index is 0.0339. The van der Waals surface area contributed by atoms with E-state index < -0.39 is 6.10 Å². The summed E-state index contributed by atoms with van der Waals surface area (Å²) in [6, 6.07) is 14.5. The zero-order chi connectivity index (χ0) is 18.1. The molecule has 2 aromatic carbocycles. The molecule has 134 valence electrons. The van der Waals surface area contributed by atoms with Gasteiger partial charge in [0.1, 0.15) is 0 Å². The highest BCUT2D eigenvalue weighted by atomic mass is 16.3. The van der Waals surface area contributed by atoms with Gasteiger partial charge in [-0.3, -0.25) is 9.59 Å². The van der Waals surface area contributed by atoms with Crippen LogP contribution < -0.4 is 15.5 Å². The first-order valence-corrected chi connectivity index (χ1v) is 8.84. The summed E-state index contributed by atoms with van der Waals surface area (Å²) in [5.74, 6) is -0.206. The maximum absolute atomic E-state index is 12.8. The Morgan fingerprint density at radius 3 is 2.62 bits per heavy atom. The molecule has 2 heterocycles. The summed E-state index contributed by atoms with van der Waals surface area (Å²) < 4.78 is 0. The average molecular weight is 351 g/mol. The Balaban J connectivity index is 1.43. The molecule has 2 atom stereocenters. The number of aliphatic hydroxyl groups excluding tert-OH is 1. The van der Waals surface area contributed by atoms with E-state index in [-0.39, 0.29) is 17.9 Å². The standard InChI is InChI=1S/C20H21N3O3/c24-16-11-17(21-12-16)19(25)22-15-7-5-14(6-8-15)20(26)23-10-9-13-3-1-2-4-18(13)23/h1-8,16-17,21,24H,9-12H2,(H,22,25). The Kier molecular flexibility index (Phi) is 4.44. The van der Waals surface area contributed by atoms with Crippen molar-refractivity contribution in [2.24, 2.45) is 0 Å². The van der Waals surface area contributed by atoms with Crippen molar-refractivity contribution in [3.05, 3.63) is 59.7 Å². The number of anilines is 2. The van der Waals surface area contributed by atoms with Crippen LogP contribution in [0.2, 0.25) is 0 Å². The predicted octanol–water partition coefficient (Wildman–Crippen LogP) is 1.55. The molecule has 2 aliphatic heterocycles. The molecule has 2 aromatic rings. The molecule has 4 rings (SSSR count). The lowest BCUT2D eigenvalue weighted by atomic mass is 10.1. The molecule has 0 bridgehead atoms. The summed E-state index contributed by atoms with van der Waals surface area (Å²) in [7, 11) is 0. The van der Waals surface area contributed by atoms with Crippen LogP contribution in [-0.2, 0) is 11.2 Å². The summed E-state index contributed by atoms with van der Waals surface area (Å²) in [4.78, 5) is 26.8. The maximum Gasteiger partial charge on any atom is 0.258 e. The van der Waals surface area contributed by atoms with Crippen LogP contribution in [0.5, 0.6) is 0 Å². The lowest BCUT2D eigenvalue weighted by Crippen LogP contribution is -2.35. The number of aliphatic hydroxyl groups is 1. The lowest BCUT2D eigenvalue weighted by molar-refractivity contribution is -0.117. The molecule has 1 fully saturated rings. The first-order valence-electron chi connectivity index (χ1n) is 8.84. The molecular weight excluding hydrogens is 330 g/mol. The van der Waals surface area contributed by atoms with E-state index in [0.717, 1.165) is 12.1 Å². The zero-order valence-corrected chi connectivity index (χ0v) is 14.3. The number of carbonyl (C=O) groups is 2. The van der Waals surface area contributed by atoms with Crippen LogP contribution in [0.4, 0.5) is 11.4 Å². The number of hydrogen-bond donors (Lipinski definition) is 3. The molecule has 0 aromatic heterocycles. The topological polar surface area (TPSA) is 81.7 Å². The van der Waals surface area contributed by atoms with E-state index in [1.165, 1.54) is 5.56 Å². The van der Waals surface area contributed by atoms with Crippen molar-refractivity contribution in [1.29, 1.82) is 0 Å². The molecule has 6 heteroatoms. The molecule has 26 heavy (non-hydrogen) atoms. The molecule has 6 nitrogen and oxygen atoms in total. The van der Waals surface area contributed by atoms with Gasteiger partial charge in [0.15, 0.2) is 0 Å². The fourth-order valence-electron chi connectivity index (χ4n) is 3.55. The molecule has 0 saturated carbocycles. The predicted molar refractivity (Wildman–Crippen MR) is 99.3 cm³/mol. The van der Waals surface area contributed by atoms with Crippen molar-refractivity contribution in [1.82, 2.24) is 5.32 Å². The van der Waals surface area contributed by atoms with Gasteiger partial charge in [0.05, 0.1) is 12.1 Å². The first-order chi connectivity index (χ1) is 12.6. The molecule has 1 saturated heterocycles. The highest BCUT2D eigenvalue weighted by Crippen LogP contribution is 2.29. The molecule has 2 unspecified atom stereocenters. The number of carbonyl (C=O) groups excluding carboxylic acids is 2. The summed E-state index contributed by atoms with van der Waals surface area (Å²) in [5.41, 5.74) is 3.39. The van der Waals surface area contributed by atoms with Gasteiger partial charge in [-0.25, -0.2) is 0 Å². The van der Waals surface area contributed by atoms with Crippen molar-refractivity contribution < 1.29 is 14.7 Å². The van der Waals surface area contributed by atoms with Gasteiger partial charge in [0.2, 0.25) is 5.91 Å². The normalized spacial score (nSPS) is 21.5. The zero-order valence-electron chi connectivity index (χ0n) is 14.3. The summed E-state index contributed by atoms with van der Waals surface area (Å²) in [6.07, 6.45) is 0.807. The highest BCUT2D eigenvalue weighted by Gasteiger charge is 2.28. The smallest absolute Gasteiger partial charge is 0.258 e. The van der Waals surface area contributed by atoms with Crippen molar-refractivity contribution in [2.45, 2.75) is 25.0 Å². The van der Waals surface area contributed by atoms with Crippen molar-refractivity contribution in [3.8, 4) is 0 Å². The van der Waals surface area contributed by atoms with Gasteiger partial charge < -0.3 is 20.6 Å². The summed E-state index contributed by atoms with van der Waals surface area (Å²) in [6.45, 7) is 1.12. The van der Waals surface area contributed by atoms with Crippen molar-refractivity contribution >= 4 is 23.2 Å². The third kappa shape index (κ3) is 3.21. The van der Waals surface area contributed by atoms with Crippen LogP contribution in [-0.4, -0.2) is 42.2 Å². The third-order valence-electron chi connectivity index (χ3n) is 4.96. The number of hydrogen-bond acceptors (Lipinski definition) is 4. The molecule has 0 aliphatic carbocycles. The number of fused-ring (bicyclic) bond motifs is 1. The number of nitrogens with one attached hydrogen (secondary N) is 2. The fourth-order valence-corrected chi connectivity index (χ4v) is 3.55. The SMILES string of the molecule is O=C(Nc1ccc(C(=O)N2CCc3ccccc32)cc1)C1CC(O)CN1. The molecule has 3 N–H and O–H groups in total. The lowest BCUT2D eigenvalue weighted by Gasteiger charge is -2.17. The number of benzene rings is 2. The van der Waals surface area contributed by atoms with Crippen LogP contribution in [0, 0.1) is 0 Å². The van der Waals surface area contributed by atoms with Crippen LogP contribution in [0.3, 0.4) is 0 Å². The van der Waals surface area contributed by atoms with Crippen LogP contribution >= 0.6 is 0 Å². The molecule has 2 aliphatic rings. The Bertz CT molecular complexity index is 834. The molecule has 0 radical (unpaired) electrons. The molecule has 0 spiro atoms. The Labute approximate surface area is 151 Å². The van der Waals surface area contributed by atoms with Crippen LogP contribution in [0.1, 0.15) is 22.3 Å². The minimum Gasteiger partial charge on any atom is -0.392 e. The van der Waals surface area contributed by atoms with Crippen LogP contribution in [0.15, 0.2) is 48.5 Å². The van der Waals surface area contributed by atoms with E-state index in [1.54, 1.807) is 29.2 Å². The summed E-state index contributed by atoms with van der Waals surface area (Å²) >= 11 is 0. The summed E-state index contributed by atoms with van der Waals surface area (Å²) in [5, 5.41) is 15.3. The molecular formula is C20H21N3O3. The van der Waals surface area contributed by atoms with E-state index in [0.29, 0.717) is 30.8 Å². The Hall–Kier alpha value is -2.70. The largest absolute Gasteiger partial charge is 0.392 e. The van der Waals surface area contributed by atoms with Crippen LogP contribution in [0.25, 0.3) is 0 Å². The second kappa shape index (κ2) is 6.90. The Morgan fingerprint density at radius 1 is 1.12 bits per heavy atom. The minimum atomic E-state index is -0.478. The first kappa shape index (κ1) is 16.8. The van der Waals surface area contributed by atoms with Gasteiger partial charge in [-0.1, -0.05) is 18.2 Å². The highest BCUT2D eigenvalue weighted by molar-refractivity contribution is 6.07. The second-order valence-corrected chi connectivity index (χ2v) is 6.75. The number of amides is 2. The maximum atomic E-state index is 12.8. The third-order valence-corrected chi connectivity index (χ3v) is 4.96. The van der Waals surface area contributed by atoms with Gasteiger partial charge in [0, 0.05) is 30.0 Å². The molecule has 2 amide bonds. The number of β-amino-alcohol motifs (C(OH)–C–C–N with tert-alkyl or cyclic N) is 1. The van der Waals surface area contributed by atoms with Gasteiger partial charge in [-0.2, -0.15) is 0 Å². The number of nitrogens with zero attached hydrogens (tertiary/aromatic N) is 1. The number of rotatable bonds is 3. The monoisotopic (exact) mass is 351 g/mol. The van der Waals surface area contributed by atoms with Gasteiger partial charge >= 0.3 is 0 Å². The second-order valence-electron chi connectivity index (χ2n) is 6.75. The van der Waals surface area contributed by atoms with E-state index in [9.17, 15) is 14.7 Å². The van der Waals surface area contributed by atoms with E-state index in [2.05, 4.69) is 16.7 Å². The Morgan fingerprint density at radius 2 is 1.88 bits per heavy atom. The van der Waals surface area contributed by atoms with Crippen molar-refractivity contribution in [3.63, 3.8) is 0 Å².